The number of aromatic nitrogens is 1. The van der Waals surface area contributed by atoms with Crippen molar-refractivity contribution in [3.05, 3.63) is 83.2 Å². The third-order valence-electron chi connectivity index (χ3n) is 5.54. The SMILES string of the molecule is COc1cc(N(C)C)ccc1C1(c2ccc(N(C)C)cc2)OC(=O)c2cnccc21. The number of anilines is 2. The number of pyridine rings is 1. The van der Waals surface area contributed by atoms with Crippen LogP contribution < -0.4 is 14.5 Å². The molecule has 1 aromatic heterocycles. The van der Waals surface area contributed by atoms with Crippen LogP contribution >= 0.6 is 0 Å². The molecule has 1 aliphatic heterocycles. The largest absolute Gasteiger partial charge is 0.496 e. The van der Waals surface area contributed by atoms with Crippen molar-refractivity contribution >= 4 is 17.3 Å². The first-order valence-electron chi connectivity index (χ1n) is 9.70. The molecule has 0 saturated heterocycles. The number of benzene rings is 2. The van der Waals surface area contributed by atoms with E-state index in [-0.39, 0.29) is 0 Å². The van der Waals surface area contributed by atoms with Gasteiger partial charge in [0.25, 0.3) is 0 Å². The summed E-state index contributed by atoms with van der Waals surface area (Å²) >= 11 is 0. The molecule has 1 unspecified atom stereocenters. The third kappa shape index (κ3) is 2.96. The Balaban J connectivity index is 2.01. The highest BCUT2D eigenvalue weighted by Crippen LogP contribution is 2.50. The molecule has 2 aromatic carbocycles. The van der Waals surface area contributed by atoms with Gasteiger partial charge in [-0.25, -0.2) is 4.79 Å². The molecule has 6 heteroatoms. The summed E-state index contributed by atoms with van der Waals surface area (Å²) in [5.41, 5.74) is 3.78. The van der Waals surface area contributed by atoms with E-state index in [0.717, 1.165) is 28.1 Å². The van der Waals surface area contributed by atoms with Gasteiger partial charge in [0, 0.05) is 74.7 Å². The Morgan fingerprint density at radius 2 is 1.57 bits per heavy atom. The minimum Gasteiger partial charge on any atom is -0.496 e. The molecular formula is C24H25N3O3. The molecule has 1 atom stereocenters. The summed E-state index contributed by atoms with van der Waals surface area (Å²) in [7, 11) is 9.56. The van der Waals surface area contributed by atoms with Gasteiger partial charge in [0.05, 0.1) is 12.7 Å². The van der Waals surface area contributed by atoms with Crippen LogP contribution in [0.4, 0.5) is 11.4 Å². The van der Waals surface area contributed by atoms with Gasteiger partial charge in [0.1, 0.15) is 5.75 Å². The van der Waals surface area contributed by atoms with E-state index in [2.05, 4.69) is 4.98 Å². The first-order chi connectivity index (χ1) is 14.4. The van der Waals surface area contributed by atoms with Crippen molar-refractivity contribution in [2.24, 2.45) is 0 Å². The predicted molar refractivity (Wildman–Crippen MR) is 118 cm³/mol. The van der Waals surface area contributed by atoms with E-state index in [9.17, 15) is 4.79 Å². The minimum atomic E-state index is -1.11. The highest BCUT2D eigenvalue weighted by atomic mass is 16.6. The fraction of sp³-hybridized carbons (Fsp3) is 0.250. The Hall–Kier alpha value is -3.54. The normalized spacial score (nSPS) is 17.3. The molecule has 0 saturated carbocycles. The summed E-state index contributed by atoms with van der Waals surface area (Å²) in [5, 5.41) is 0. The molecule has 4 rings (SSSR count). The fourth-order valence-corrected chi connectivity index (χ4v) is 3.93. The average Bonchev–Trinajstić information content (AvgIpc) is 3.07. The van der Waals surface area contributed by atoms with Crippen LogP contribution in [0, 0.1) is 0 Å². The van der Waals surface area contributed by atoms with Crippen LogP contribution in [0.25, 0.3) is 0 Å². The molecule has 0 N–H and O–H groups in total. The second-order valence-corrected chi connectivity index (χ2v) is 7.71. The smallest absolute Gasteiger partial charge is 0.341 e. The molecule has 0 spiro atoms. The molecule has 1 aliphatic rings. The zero-order valence-electron chi connectivity index (χ0n) is 17.8. The summed E-state index contributed by atoms with van der Waals surface area (Å²) in [6.45, 7) is 0. The topological polar surface area (TPSA) is 54.9 Å². The van der Waals surface area contributed by atoms with Crippen LogP contribution in [0.3, 0.4) is 0 Å². The zero-order chi connectivity index (χ0) is 21.5. The molecule has 2 heterocycles. The summed E-state index contributed by atoms with van der Waals surface area (Å²) in [4.78, 5) is 21.0. The standard InChI is InChI=1S/C24H25N3O3/c1-26(2)17-8-6-16(7-9-17)24(20-12-13-25-15-19(20)23(28)30-24)21-11-10-18(27(3)4)14-22(21)29-5/h6-15H,1-5H3. The van der Waals surface area contributed by atoms with Crippen molar-refractivity contribution < 1.29 is 14.3 Å². The van der Waals surface area contributed by atoms with E-state index in [0.29, 0.717) is 11.3 Å². The second kappa shape index (κ2) is 7.37. The van der Waals surface area contributed by atoms with Gasteiger partial charge >= 0.3 is 5.97 Å². The van der Waals surface area contributed by atoms with Crippen molar-refractivity contribution in [1.82, 2.24) is 4.98 Å². The van der Waals surface area contributed by atoms with Gasteiger partial charge in [-0.3, -0.25) is 4.98 Å². The van der Waals surface area contributed by atoms with Gasteiger partial charge in [-0.1, -0.05) is 12.1 Å². The van der Waals surface area contributed by atoms with Crippen LogP contribution in [0.1, 0.15) is 27.0 Å². The summed E-state index contributed by atoms with van der Waals surface area (Å²) in [6, 6.07) is 15.8. The highest BCUT2D eigenvalue weighted by molar-refractivity contribution is 5.96. The van der Waals surface area contributed by atoms with Crippen LogP contribution in [-0.2, 0) is 10.3 Å². The number of fused-ring (bicyclic) bond motifs is 1. The zero-order valence-corrected chi connectivity index (χ0v) is 17.8. The summed E-state index contributed by atoms with van der Waals surface area (Å²) in [5.74, 6) is 0.254. The van der Waals surface area contributed by atoms with Crippen molar-refractivity contribution in [3.63, 3.8) is 0 Å². The number of esters is 1. The number of nitrogens with zero attached hydrogens (tertiary/aromatic N) is 3. The molecule has 30 heavy (non-hydrogen) atoms. The van der Waals surface area contributed by atoms with E-state index in [1.807, 2.05) is 86.5 Å². The molecule has 6 nitrogen and oxygen atoms in total. The summed E-state index contributed by atoms with van der Waals surface area (Å²) in [6.07, 6.45) is 3.25. The Morgan fingerprint density at radius 1 is 0.900 bits per heavy atom. The Morgan fingerprint density at radius 3 is 2.20 bits per heavy atom. The molecule has 0 radical (unpaired) electrons. The molecule has 0 aliphatic carbocycles. The Kier molecular flexibility index (Phi) is 4.86. The van der Waals surface area contributed by atoms with Gasteiger partial charge in [-0.05, 0) is 30.3 Å². The van der Waals surface area contributed by atoms with E-state index in [1.54, 1.807) is 19.5 Å². The van der Waals surface area contributed by atoms with Gasteiger partial charge in [0.15, 0.2) is 5.60 Å². The first kappa shape index (κ1) is 19.8. The van der Waals surface area contributed by atoms with Gasteiger partial charge in [0.2, 0.25) is 0 Å². The lowest BCUT2D eigenvalue weighted by Crippen LogP contribution is -2.30. The number of carbonyl (C=O) groups excluding carboxylic acids is 1. The number of rotatable bonds is 5. The number of cyclic esters (lactones) is 1. The lowest BCUT2D eigenvalue weighted by molar-refractivity contribution is 0.0245. The van der Waals surface area contributed by atoms with Crippen molar-refractivity contribution in [1.29, 1.82) is 0 Å². The fourth-order valence-electron chi connectivity index (χ4n) is 3.93. The Bertz CT molecular complexity index is 1090. The highest BCUT2D eigenvalue weighted by Gasteiger charge is 2.50. The van der Waals surface area contributed by atoms with Crippen molar-refractivity contribution in [2.75, 3.05) is 45.1 Å². The monoisotopic (exact) mass is 403 g/mol. The average molecular weight is 403 g/mol. The van der Waals surface area contributed by atoms with E-state index in [4.69, 9.17) is 9.47 Å². The molecule has 0 amide bonds. The van der Waals surface area contributed by atoms with Crippen LogP contribution in [-0.4, -0.2) is 46.3 Å². The minimum absolute atomic E-state index is 0.395. The predicted octanol–water partition coefficient (Wildman–Crippen LogP) is 3.68. The molecule has 154 valence electrons. The van der Waals surface area contributed by atoms with Gasteiger partial charge in [-0.15, -0.1) is 0 Å². The van der Waals surface area contributed by atoms with Crippen molar-refractivity contribution in [3.8, 4) is 5.75 Å². The number of hydrogen-bond acceptors (Lipinski definition) is 6. The number of carbonyl (C=O) groups is 1. The van der Waals surface area contributed by atoms with Crippen LogP contribution in [0.5, 0.6) is 5.75 Å². The van der Waals surface area contributed by atoms with E-state index >= 15 is 0 Å². The number of methoxy groups -OCH3 is 1. The molecule has 0 fully saturated rings. The lowest BCUT2D eigenvalue weighted by Gasteiger charge is -2.32. The Labute approximate surface area is 176 Å². The lowest BCUT2D eigenvalue weighted by atomic mass is 9.79. The number of hydrogen-bond donors (Lipinski definition) is 0. The van der Waals surface area contributed by atoms with Gasteiger partial charge in [-0.2, -0.15) is 0 Å². The van der Waals surface area contributed by atoms with Crippen LogP contribution in [0.2, 0.25) is 0 Å². The third-order valence-corrected chi connectivity index (χ3v) is 5.54. The first-order valence-corrected chi connectivity index (χ1v) is 9.70. The maximum atomic E-state index is 12.9. The maximum absolute atomic E-state index is 12.9. The van der Waals surface area contributed by atoms with Gasteiger partial charge < -0.3 is 19.3 Å². The molecular weight excluding hydrogens is 378 g/mol. The van der Waals surface area contributed by atoms with Crippen molar-refractivity contribution in [2.45, 2.75) is 5.60 Å². The van der Waals surface area contributed by atoms with E-state index < -0.39 is 11.6 Å². The van der Waals surface area contributed by atoms with E-state index in [1.165, 1.54) is 0 Å². The summed E-state index contributed by atoms with van der Waals surface area (Å²) < 4.78 is 11.9. The quantitative estimate of drug-likeness (QED) is 0.606. The van der Waals surface area contributed by atoms with Crippen LogP contribution in [0.15, 0.2) is 60.9 Å². The molecule has 0 bridgehead atoms. The number of ether oxygens (including phenoxy) is 2. The second-order valence-electron chi connectivity index (χ2n) is 7.71. The molecule has 3 aromatic rings. The maximum Gasteiger partial charge on any atom is 0.341 e.